The number of piperazine rings is 1. The van der Waals surface area contributed by atoms with E-state index in [0.29, 0.717) is 5.75 Å². The van der Waals surface area contributed by atoms with Gasteiger partial charge < -0.3 is 14.4 Å². The molecule has 2 heterocycles. The summed E-state index contributed by atoms with van der Waals surface area (Å²) in [5.74, 6) is 0.591. The highest BCUT2D eigenvalue weighted by molar-refractivity contribution is 7.99. The number of carbonyl (C=O) groups is 1. The smallest absolute Gasteiger partial charge is 0.233 e. The van der Waals surface area contributed by atoms with Gasteiger partial charge in [0.15, 0.2) is 5.16 Å². The van der Waals surface area contributed by atoms with Crippen LogP contribution < -0.4 is 4.90 Å². The van der Waals surface area contributed by atoms with E-state index in [9.17, 15) is 4.79 Å². The van der Waals surface area contributed by atoms with Crippen LogP contribution in [0.3, 0.4) is 0 Å². The normalized spacial score (nSPS) is 15.0. The first-order chi connectivity index (χ1) is 11.1. The van der Waals surface area contributed by atoms with Gasteiger partial charge in [-0.05, 0) is 12.1 Å². The Morgan fingerprint density at radius 1 is 1.26 bits per heavy atom. The summed E-state index contributed by atoms with van der Waals surface area (Å²) < 4.78 is 1.92. The zero-order valence-corrected chi connectivity index (χ0v) is 14.6. The Labute approximate surface area is 145 Å². The van der Waals surface area contributed by atoms with E-state index in [0.717, 1.165) is 42.0 Å². The van der Waals surface area contributed by atoms with Gasteiger partial charge in [0.25, 0.3) is 0 Å². The lowest BCUT2D eigenvalue weighted by molar-refractivity contribution is -0.128. The van der Waals surface area contributed by atoms with Crippen molar-refractivity contribution < 1.29 is 4.79 Å². The van der Waals surface area contributed by atoms with Crippen molar-refractivity contribution in [1.29, 1.82) is 0 Å². The molecule has 1 aromatic heterocycles. The van der Waals surface area contributed by atoms with Gasteiger partial charge in [-0.3, -0.25) is 4.79 Å². The van der Waals surface area contributed by atoms with Crippen LogP contribution in [0.25, 0.3) is 0 Å². The van der Waals surface area contributed by atoms with Crippen LogP contribution in [-0.2, 0) is 11.8 Å². The fourth-order valence-corrected chi connectivity index (χ4v) is 3.70. The highest BCUT2D eigenvalue weighted by Gasteiger charge is 2.22. The molecule has 2 aromatic rings. The van der Waals surface area contributed by atoms with E-state index in [-0.39, 0.29) is 5.91 Å². The molecule has 1 aromatic carbocycles. The predicted molar refractivity (Wildman–Crippen MR) is 94.2 cm³/mol. The van der Waals surface area contributed by atoms with Crippen molar-refractivity contribution in [3.63, 3.8) is 0 Å². The van der Waals surface area contributed by atoms with Crippen LogP contribution in [0, 0.1) is 0 Å². The van der Waals surface area contributed by atoms with Crippen molar-refractivity contribution in [3.8, 4) is 0 Å². The number of hydrogen-bond donors (Lipinski definition) is 0. The molecule has 0 radical (unpaired) electrons. The van der Waals surface area contributed by atoms with E-state index in [1.54, 1.807) is 6.20 Å². The summed E-state index contributed by atoms with van der Waals surface area (Å²) >= 11 is 7.72. The van der Waals surface area contributed by atoms with Crippen molar-refractivity contribution in [3.05, 3.63) is 41.7 Å². The van der Waals surface area contributed by atoms with Gasteiger partial charge in [-0.1, -0.05) is 35.5 Å². The molecule has 5 nitrogen and oxygen atoms in total. The zero-order chi connectivity index (χ0) is 16.2. The quantitative estimate of drug-likeness (QED) is 0.794. The van der Waals surface area contributed by atoms with Gasteiger partial charge in [-0.15, -0.1) is 0 Å². The largest absolute Gasteiger partial charge is 0.367 e. The van der Waals surface area contributed by atoms with Crippen LogP contribution in [0.1, 0.15) is 0 Å². The van der Waals surface area contributed by atoms with Gasteiger partial charge in [0.05, 0.1) is 16.5 Å². The number of carbonyl (C=O) groups excluding carboxylic acids is 1. The molecule has 0 N–H and O–H groups in total. The van der Waals surface area contributed by atoms with Crippen molar-refractivity contribution in [1.82, 2.24) is 14.5 Å². The molecular formula is C16H19ClN4OS. The second-order valence-electron chi connectivity index (χ2n) is 5.43. The molecule has 1 fully saturated rings. The third-order valence-electron chi connectivity index (χ3n) is 3.93. The first-order valence-corrected chi connectivity index (χ1v) is 8.89. The lowest BCUT2D eigenvalue weighted by Crippen LogP contribution is -2.49. The Morgan fingerprint density at radius 3 is 2.65 bits per heavy atom. The Bertz CT molecular complexity index is 682. The topological polar surface area (TPSA) is 41.4 Å². The van der Waals surface area contributed by atoms with Crippen LogP contribution in [0.2, 0.25) is 5.02 Å². The number of para-hydroxylation sites is 1. The van der Waals surface area contributed by atoms with Crippen molar-refractivity contribution in [2.75, 3.05) is 36.8 Å². The Hall–Kier alpha value is -1.66. The summed E-state index contributed by atoms with van der Waals surface area (Å²) in [7, 11) is 1.93. The SMILES string of the molecule is Cn1ccnc1SCC(=O)N1CCN(c2ccccc2Cl)CC1. The summed E-state index contributed by atoms with van der Waals surface area (Å²) in [5, 5.41) is 1.63. The number of benzene rings is 1. The van der Waals surface area contributed by atoms with Gasteiger partial charge in [0.2, 0.25) is 5.91 Å². The average molecular weight is 351 g/mol. The molecule has 1 aliphatic heterocycles. The molecule has 0 saturated carbocycles. The maximum atomic E-state index is 12.3. The number of aromatic nitrogens is 2. The van der Waals surface area contributed by atoms with Crippen LogP contribution in [0.15, 0.2) is 41.8 Å². The zero-order valence-electron chi connectivity index (χ0n) is 13.0. The lowest BCUT2D eigenvalue weighted by Gasteiger charge is -2.36. The fourth-order valence-electron chi connectivity index (χ4n) is 2.61. The number of amides is 1. The number of halogens is 1. The number of aryl methyl sites for hydroxylation is 1. The van der Waals surface area contributed by atoms with Crippen LogP contribution >= 0.6 is 23.4 Å². The van der Waals surface area contributed by atoms with Crippen LogP contribution in [-0.4, -0.2) is 52.3 Å². The molecule has 1 amide bonds. The second-order valence-corrected chi connectivity index (χ2v) is 6.78. The maximum absolute atomic E-state index is 12.3. The Kier molecular flexibility index (Phi) is 5.13. The summed E-state index contributed by atoms with van der Waals surface area (Å²) in [4.78, 5) is 20.7. The summed E-state index contributed by atoms with van der Waals surface area (Å²) in [5.41, 5.74) is 1.05. The number of nitrogens with zero attached hydrogens (tertiary/aromatic N) is 4. The summed E-state index contributed by atoms with van der Waals surface area (Å²) in [6.07, 6.45) is 3.63. The molecule has 0 aliphatic carbocycles. The highest BCUT2D eigenvalue weighted by atomic mass is 35.5. The van der Waals surface area contributed by atoms with Crippen LogP contribution in [0.4, 0.5) is 5.69 Å². The predicted octanol–water partition coefficient (Wildman–Crippen LogP) is 2.51. The van der Waals surface area contributed by atoms with E-state index >= 15 is 0 Å². The lowest BCUT2D eigenvalue weighted by atomic mass is 10.2. The number of rotatable bonds is 4. The number of imidazole rings is 1. The van der Waals surface area contributed by atoms with E-state index in [1.807, 2.05) is 47.0 Å². The van der Waals surface area contributed by atoms with E-state index in [4.69, 9.17) is 11.6 Å². The Morgan fingerprint density at radius 2 is 2.00 bits per heavy atom. The van der Waals surface area contributed by atoms with E-state index in [2.05, 4.69) is 9.88 Å². The minimum absolute atomic E-state index is 0.164. The molecule has 23 heavy (non-hydrogen) atoms. The van der Waals surface area contributed by atoms with E-state index < -0.39 is 0 Å². The van der Waals surface area contributed by atoms with Gasteiger partial charge in [-0.25, -0.2) is 4.98 Å². The molecule has 7 heteroatoms. The monoisotopic (exact) mass is 350 g/mol. The number of anilines is 1. The van der Waals surface area contributed by atoms with E-state index in [1.165, 1.54) is 11.8 Å². The molecule has 1 aliphatic rings. The number of thioether (sulfide) groups is 1. The Balaban J connectivity index is 1.51. The molecule has 3 rings (SSSR count). The van der Waals surface area contributed by atoms with Crippen molar-refractivity contribution >= 4 is 35.0 Å². The minimum Gasteiger partial charge on any atom is -0.367 e. The summed E-state index contributed by atoms with van der Waals surface area (Å²) in [6, 6.07) is 7.84. The first-order valence-electron chi connectivity index (χ1n) is 7.52. The molecule has 0 spiro atoms. The maximum Gasteiger partial charge on any atom is 0.233 e. The molecule has 122 valence electrons. The average Bonchev–Trinajstić information content (AvgIpc) is 2.98. The minimum atomic E-state index is 0.164. The fraction of sp³-hybridized carbons (Fsp3) is 0.375. The number of hydrogen-bond acceptors (Lipinski definition) is 4. The molecule has 0 atom stereocenters. The third kappa shape index (κ3) is 3.82. The third-order valence-corrected chi connectivity index (χ3v) is 5.29. The molecule has 0 unspecified atom stereocenters. The van der Waals surface area contributed by atoms with Crippen molar-refractivity contribution in [2.45, 2.75) is 5.16 Å². The molecule has 1 saturated heterocycles. The highest BCUT2D eigenvalue weighted by Crippen LogP contribution is 2.26. The van der Waals surface area contributed by atoms with Crippen molar-refractivity contribution in [2.24, 2.45) is 7.05 Å². The summed E-state index contributed by atoms with van der Waals surface area (Å²) in [6.45, 7) is 3.07. The molecule has 0 bridgehead atoms. The van der Waals surface area contributed by atoms with Crippen LogP contribution in [0.5, 0.6) is 0 Å². The van der Waals surface area contributed by atoms with Gasteiger partial charge in [0.1, 0.15) is 0 Å². The first kappa shape index (κ1) is 16.2. The molecular weight excluding hydrogens is 332 g/mol. The standard InChI is InChI=1S/C16H19ClN4OS/c1-19-7-6-18-16(19)23-12-15(22)21-10-8-20(9-11-21)14-5-3-2-4-13(14)17/h2-7H,8-12H2,1H3. The van der Waals surface area contributed by atoms with Gasteiger partial charge >= 0.3 is 0 Å². The second kappa shape index (κ2) is 7.27. The van der Waals surface area contributed by atoms with Gasteiger partial charge in [0, 0.05) is 45.6 Å². The van der Waals surface area contributed by atoms with Gasteiger partial charge in [-0.2, -0.15) is 0 Å².